The highest BCUT2D eigenvalue weighted by molar-refractivity contribution is 5.92. The number of amides is 1. The van der Waals surface area contributed by atoms with E-state index in [1.807, 2.05) is 0 Å². The zero-order valence-electron chi connectivity index (χ0n) is 12.6. The summed E-state index contributed by atoms with van der Waals surface area (Å²) in [6, 6.07) is 0. The van der Waals surface area contributed by atoms with Crippen LogP contribution in [0.1, 0.15) is 19.3 Å². The molecule has 0 aromatic heterocycles. The SMILES string of the molecule is O=C(CCCC(C(=O)O)C(=O)O)NC[C@H]1OC(O)[C@@H](O)[C@@H](O)[C@@H]1O. The van der Waals surface area contributed by atoms with Crippen molar-refractivity contribution in [2.24, 2.45) is 5.92 Å². The van der Waals surface area contributed by atoms with Crippen molar-refractivity contribution < 1.29 is 49.8 Å². The van der Waals surface area contributed by atoms with Crippen molar-refractivity contribution >= 4 is 17.8 Å². The highest BCUT2D eigenvalue weighted by Gasteiger charge is 2.42. The van der Waals surface area contributed by atoms with Crippen molar-refractivity contribution in [3.8, 4) is 0 Å². The zero-order chi connectivity index (χ0) is 18.4. The Labute approximate surface area is 136 Å². The number of hydrogen-bond acceptors (Lipinski definition) is 8. The molecule has 11 nitrogen and oxygen atoms in total. The molecular formula is C13H21NO10. The quantitative estimate of drug-likeness (QED) is 0.220. The molecule has 0 radical (unpaired) electrons. The minimum atomic E-state index is -1.71. The number of hydrogen-bond donors (Lipinski definition) is 7. The van der Waals surface area contributed by atoms with Crippen LogP contribution < -0.4 is 5.32 Å². The summed E-state index contributed by atoms with van der Waals surface area (Å²) in [5.74, 6) is -5.10. The van der Waals surface area contributed by atoms with Gasteiger partial charge in [-0.25, -0.2) is 0 Å². The van der Waals surface area contributed by atoms with Crippen LogP contribution in [0, 0.1) is 5.92 Å². The summed E-state index contributed by atoms with van der Waals surface area (Å²) in [5.41, 5.74) is 0. The van der Waals surface area contributed by atoms with Gasteiger partial charge in [0.1, 0.15) is 24.4 Å². The Hall–Kier alpha value is -1.79. The summed E-state index contributed by atoms with van der Waals surface area (Å²) in [6.45, 7) is -0.262. The fourth-order valence-electron chi connectivity index (χ4n) is 2.22. The van der Waals surface area contributed by atoms with E-state index in [2.05, 4.69) is 5.32 Å². The molecule has 1 saturated heterocycles. The summed E-state index contributed by atoms with van der Waals surface area (Å²) in [5, 5.41) is 57.5. The number of carboxylic acid groups (broad SMARTS) is 2. The van der Waals surface area contributed by atoms with Crippen molar-refractivity contribution in [1.29, 1.82) is 0 Å². The van der Waals surface area contributed by atoms with Gasteiger partial charge in [-0.05, 0) is 12.8 Å². The Bertz CT molecular complexity index is 456. The first-order chi connectivity index (χ1) is 11.1. The van der Waals surface area contributed by atoms with E-state index in [1.54, 1.807) is 0 Å². The summed E-state index contributed by atoms with van der Waals surface area (Å²) in [4.78, 5) is 33.0. The molecule has 1 aliphatic heterocycles. The number of carbonyl (C=O) groups is 3. The Kier molecular flexibility index (Phi) is 7.51. The van der Waals surface area contributed by atoms with Crippen LogP contribution in [0.15, 0.2) is 0 Å². The molecule has 0 aromatic carbocycles. The standard InChI is InChI=1S/C13H21NO10/c15-7(3-1-2-5(11(19)20)12(21)22)14-4-6-8(16)9(17)10(18)13(23)24-6/h5-6,8-10,13,16-18,23H,1-4H2,(H,14,15)(H,19,20)(H,21,22)/t6-,8-,9+,10+,13?/m1/s1. The molecule has 1 rings (SSSR count). The van der Waals surface area contributed by atoms with Crippen LogP contribution in [0.2, 0.25) is 0 Å². The number of aliphatic hydroxyl groups is 4. The molecule has 11 heteroatoms. The van der Waals surface area contributed by atoms with Crippen molar-refractivity contribution in [3.05, 3.63) is 0 Å². The number of carboxylic acids is 2. The van der Waals surface area contributed by atoms with Crippen molar-refractivity contribution in [2.45, 2.75) is 50.0 Å². The van der Waals surface area contributed by atoms with Crippen molar-refractivity contribution in [2.75, 3.05) is 6.54 Å². The predicted molar refractivity (Wildman–Crippen MR) is 74.5 cm³/mol. The van der Waals surface area contributed by atoms with Crippen LogP contribution in [0.3, 0.4) is 0 Å². The third kappa shape index (κ3) is 5.39. The molecule has 0 aromatic rings. The van der Waals surface area contributed by atoms with Crippen LogP contribution in [0.4, 0.5) is 0 Å². The van der Waals surface area contributed by atoms with E-state index in [9.17, 15) is 34.8 Å². The second-order valence-electron chi connectivity index (χ2n) is 5.46. The summed E-state index contributed by atoms with van der Waals surface area (Å²) in [7, 11) is 0. The van der Waals surface area contributed by atoms with E-state index in [1.165, 1.54) is 0 Å². The Morgan fingerprint density at radius 2 is 1.54 bits per heavy atom. The van der Waals surface area contributed by atoms with Gasteiger partial charge in [0.2, 0.25) is 5.91 Å². The van der Waals surface area contributed by atoms with Gasteiger partial charge < -0.3 is 40.7 Å². The Balaban J connectivity index is 2.36. The molecule has 0 aliphatic carbocycles. The third-order valence-electron chi connectivity index (χ3n) is 3.68. The number of ether oxygens (including phenoxy) is 1. The predicted octanol–water partition coefficient (Wildman–Crippen LogP) is -3.14. The summed E-state index contributed by atoms with van der Waals surface area (Å²) in [6.07, 6.45) is -8.03. The van der Waals surface area contributed by atoms with Crippen molar-refractivity contribution in [1.82, 2.24) is 5.32 Å². The summed E-state index contributed by atoms with van der Waals surface area (Å²) < 4.78 is 4.86. The van der Waals surface area contributed by atoms with E-state index < -0.39 is 54.5 Å². The average molecular weight is 351 g/mol. The molecule has 138 valence electrons. The van der Waals surface area contributed by atoms with E-state index in [-0.39, 0.29) is 25.8 Å². The first kappa shape index (κ1) is 20.3. The molecular weight excluding hydrogens is 330 g/mol. The third-order valence-corrected chi connectivity index (χ3v) is 3.68. The Morgan fingerprint density at radius 3 is 2.08 bits per heavy atom. The monoisotopic (exact) mass is 351 g/mol. The molecule has 0 spiro atoms. The maximum atomic E-state index is 11.6. The van der Waals surface area contributed by atoms with Crippen molar-refractivity contribution in [3.63, 3.8) is 0 Å². The maximum absolute atomic E-state index is 11.6. The lowest BCUT2D eigenvalue weighted by Crippen LogP contribution is -2.59. The van der Waals surface area contributed by atoms with Gasteiger partial charge in [0.05, 0.1) is 0 Å². The highest BCUT2D eigenvalue weighted by atomic mass is 16.6. The van der Waals surface area contributed by atoms with Gasteiger partial charge in [-0.2, -0.15) is 0 Å². The molecule has 1 aliphatic rings. The smallest absolute Gasteiger partial charge is 0.317 e. The van der Waals surface area contributed by atoms with Gasteiger partial charge >= 0.3 is 11.9 Å². The molecule has 5 atom stereocenters. The van der Waals surface area contributed by atoms with Gasteiger partial charge in [-0.3, -0.25) is 14.4 Å². The maximum Gasteiger partial charge on any atom is 0.317 e. The van der Waals surface area contributed by atoms with Gasteiger partial charge in [0.15, 0.2) is 12.2 Å². The van der Waals surface area contributed by atoms with Gasteiger partial charge in [-0.15, -0.1) is 0 Å². The van der Waals surface area contributed by atoms with Crippen LogP contribution in [-0.2, 0) is 19.1 Å². The van der Waals surface area contributed by atoms with E-state index in [0.29, 0.717) is 0 Å². The lowest BCUT2D eigenvalue weighted by molar-refractivity contribution is -0.280. The first-order valence-corrected chi connectivity index (χ1v) is 7.25. The lowest BCUT2D eigenvalue weighted by atomic mass is 9.99. The van der Waals surface area contributed by atoms with Gasteiger partial charge in [-0.1, -0.05) is 0 Å². The molecule has 1 unspecified atom stereocenters. The van der Waals surface area contributed by atoms with Crippen LogP contribution in [-0.4, -0.2) is 85.7 Å². The number of aliphatic carboxylic acids is 2. The first-order valence-electron chi connectivity index (χ1n) is 7.25. The second-order valence-corrected chi connectivity index (χ2v) is 5.46. The van der Waals surface area contributed by atoms with Crippen LogP contribution >= 0.6 is 0 Å². The highest BCUT2D eigenvalue weighted by Crippen LogP contribution is 2.19. The fourth-order valence-corrected chi connectivity index (χ4v) is 2.22. The number of carbonyl (C=O) groups excluding carboxylic acids is 1. The van der Waals surface area contributed by atoms with Crippen LogP contribution in [0.5, 0.6) is 0 Å². The average Bonchev–Trinajstić information content (AvgIpc) is 2.50. The molecule has 1 amide bonds. The molecule has 0 saturated carbocycles. The second kappa shape index (κ2) is 8.89. The normalized spacial score (nSPS) is 30.1. The van der Waals surface area contributed by atoms with E-state index >= 15 is 0 Å². The minimum Gasteiger partial charge on any atom is -0.481 e. The zero-order valence-corrected chi connectivity index (χ0v) is 12.6. The molecule has 7 N–H and O–H groups in total. The number of rotatable bonds is 8. The van der Waals surface area contributed by atoms with Gasteiger partial charge in [0.25, 0.3) is 0 Å². The van der Waals surface area contributed by atoms with Crippen LogP contribution in [0.25, 0.3) is 0 Å². The topological polar surface area (TPSA) is 194 Å². The number of aliphatic hydroxyl groups excluding tert-OH is 4. The van der Waals surface area contributed by atoms with Gasteiger partial charge in [0, 0.05) is 13.0 Å². The molecule has 24 heavy (non-hydrogen) atoms. The van der Waals surface area contributed by atoms with E-state index in [0.717, 1.165) is 0 Å². The fraction of sp³-hybridized carbons (Fsp3) is 0.769. The molecule has 1 fully saturated rings. The van der Waals surface area contributed by atoms with E-state index in [4.69, 9.17) is 14.9 Å². The molecule has 1 heterocycles. The molecule has 0 bridgehead atoms. The summed E-state index contributed by atoms with van der Waals surface area (Å²) >= 11 is 0. The largest absolute Gasteiger partial charge is 0.481 e. The lowest BCUT2D eigenvalue weighted by Gasteiger charge is -2.38. The number of nitrogens with one attached hydrogen (secondary N) is 1. The Morgan fingerprint density at radius 1 is 0.958 bits per heavy atom. The minimum absolute atomic E-state index is 0.0210.